The molecule has 0 aliphatic heterocycles. The van der Waals surface area contributed by atoms with E-state index in [1.807, 2.05) is 12.1 Å². The lowest BCUT2D eigenvalue weighted by Crippen LogP contribution is -2.27. The fourth-order valence-electron chi connectivity index (χ4n) is 2.61. The monoisotopic (exact) mass is 398 g/mol. The van der Waals surface area contributed by atoms with Crippen molar-refractivity contribution in [2.45, 2.75) is 59.2 Å². The molecule has 5 heteroatoms. The van der Waals surface area contributed by atoms with Crippen molar-refractivity contribution in [3.05, 3.63) is 65.2 Å². The van der Waals surface area contributed by atoms with E-state index in [4.69, 9.17) is 14.2 Å². The molecule has 0 spiro atoms. The zero-order chi connectivity index (χ0) is 21.4. The molecule has 2 aromatic rings. The Labute approximate surface area is 173 Å². The van der Waals surface area contributed by atoms with E-state index in [1.165, 1.54) is 5.56 Å². The maximum atomic E-state index is 12.2. The predicted molar refractivity (Wildman–Crippen MR) is 112 cm³/mol. The second kappa shape index (κ2) is 10.1. The van der Waals surface area contributed by atoms with E-state index in [1.54, 1.807) is 45.0 Å². The number of hydrogen-bond donors (Lipinski definition) is 0. The Kier molecular flexibility index (Phi) is 7.82. The third kappa shape index (κ3) is 7.60. The molecular weight excluding hydrogens is 368 g/mol. The topological polar surface area (TPSA) is 61.8 Å². The average Bonchev–Trinajstić information content (AvgIpc) is 2.69. The highest BCUT2D eigenvalue weighted by molar-refractivity contribution is 5.89. The maximum absolute atomic E-state index is 12.2. The van der Waals surface area contributed by atoms with Gasteiger partial charge in [0.2, 0.25) is 0 Å². The van der Waals surface area contributed by atoms with E-state index in [9.17, 15) is 9.59 Å². The summed E-state index contributed by atoms with van der Waals surface area (Å²) < 4.78 is 16.0. The molecule has 1 unspecified atom stereocenters. The lowest BCUT2D eigenvalue weighted by atomic mass is 9.98. The maximum Gasteiger partial charge on any atom is 0.344 e. The smallest absolute Gasteiger partial charge is 0.344 e. The van der Waals surface area contributed by atoms with Gasteiger partial charge in [-0.05, 0) is 68.5 Å². The SMILES string of the molecule is CCC(C)c1ccc(COC(=O)c2ccc(OCC(=O)OC(C)(C)C)cc2)cc1. The van der Waals surface area contributed by atoms with E-state index in [0.29, 0.717) is 17.2 Å². The van der Waals surface area contributed by atoms with Gasteiger partial charge in [0.05, 0.1) is 5.56 Å². The first kappa shape index (κ1) is 22.5. The number of carbonyl (C=O) groups is 2. The van der Waals surface area contributed by atoms with Crippen molar-refractivity contribution in [2.75, 3.05) is 6.61 Å². The fraction of sp³-hybridized carbons (Fsp3) is 0.417. The summed E-state index contributed by atoms with van der Waals surface area (Å²) in [6.07, 6.45) is 1.09. The molecule has 0 heterocycles. The van der Waals surface area contributed by atoms with E-state index in [0.717, 1.165) is 12.0 Å². The van der Waals surface area contributed by atoms with Gasteiger partial charge in [-0.2, -0.15) is 0 Å². The molecule has 0 saturated heterocycles. The highest BCUT2D eigenvalue weighted by Crippen LogP contribution is 2.19. The van der Waals surface area contributed by atoms with Crippen LogP contribution in [0.5, 0.6) is 5.75 Å². The molecule has 156 valence electrons. The van der Waals surface area contributed by atoms with E-state index >= 15 is 0 Å². The van der Waals surface area contributed by atoms with Gasteiger partial charge in [0.1, 0.15) is 18.0 Å². The first-order valence-electron chi connectivity index (χ1n) is 9.88. The van der Waals surface area contributed by atoms with Crippen LogP contribution in [-0.2, 0) is 20.9 Å². The number of benzene rings is 2. The van der Waals surface area contributed by atoms with Crippen molar-refractivity contribution >= 4 is 11.9 Å². The Morgan fingerprint density at radius 1 is 0.966 bits per heavy atom. The summed E-state index contributed by atoms with van der Waals surface area (Å²) in [7, 11) is 0. The molecule has 0 radical (unpaired) electrons. The van der Waals surface area contributed by atoms with Crippen LogP contribution in [0, 0.1) is 0 Å². The highest BCUT2D eigenvalue weighted by atomic mass is 16.6. The molecule has 0 fully saturated rings. The molecule has 0 N–H and O–H groups in total. The van der Waals surface area contributed by atoms with Crippen molar-refractivity contribution in [1.29, 1.82) is 0 Å². The van der Waals surface area contributed by atoms with Crippen LogP contribution in [-0.4, -0.2) is 24.1 Å². The number of hydrogen-bond acceptors (Lipinski definition) is 5. The molecule has 29 heavy (non-hydrogen) atoms. The normalized spacial score (nSPS) is 12.2. The van der Waals surface area contributed by atoms with Crippen LogP contribution in [0.1, 0.15) is 68.4 Å². The van der Waals surface area contributed by atoms with Crippen LogP contribution >= 0.6 is 0 Å². The Morgan fingerprint density at radius 3 is 2.14 bits per heavy atom. The molecule has 0 saturated carbocycles. The number of carbonyl (C=O) groups excluding carboxylic acids is 2. The second-order valence-electron chi connectivity index (χ2n) is 8.03. The van der Waals surface area contributed by atoms with Crippen LogP contribution < -0.4 is 4.74 Å². The Bertz CT molecular complexity index is 801. The van der Waals surface area contributed by atoms with Gasteiger partial charge < -0.3 is 14.2 Å². The van der Waals surface area contributed by atoms with Crippen molar-refractivity contribution in [3.8, 4) is 5.75 Å². The summed E-state index contributed by atoms with van der Waals surface area (Å²) >= 11 is 0. The highest BCUT2D eigenvalue weighted by Gasteiger charge is 2.16. The van der Waals surface area contributed by atoms with Gasteiger partial charge in [0.15, 0.2) is 6.61 Å². The first-order valence-corrected chi connectivity index (χ1v) is 9.88. The van der Waals surface area contributed by atoms with Crippen molar-refractivity contribution in [2.24, 2.45) is 0 Å². The summed E-state index contributed by atoms with van der Waals surface area (Å²) in [6.45, 7) is 9.77. The van der Waals surface area contributed by atoms with E-state index < -0.39 is 17.5 Å². The van der Waals surface area contributed by atoms with Gasteiger partial charge in [-0.15, -0.1) is 0 Å². The number of rotatable bonds is 8. The van der Waals surface area contributed by atoms with E-state index in [-0.39, 0.29) is 13.2 Å². The largest absolute Gasteiger partial charge is 0.482 e. The van der Waals surface area contributed by atoms with Crippen LogP contribution in [0.15, 0.2) is 48.5 Å². The van der Waals surface area contributed by atoms with Gasteiger partial charge in [0, 0.05) is 0 Å². The summed E-state index contributed by atoms with van der Waals surface area (Å²) in [5.41, 5.74) is 2.10. The van der Waals surface area contributed by atoms with Gasteiger partial charge >= 0.3 is 11.9 Å². The van der Waals surface area contributed by atoms with Crippen LogP contribution in [0.25, 0.3) is 0 Å². The number of ether oxygens (including phenoxy) is 3. The van der Waals surface area contributed by atoms with Crippen LogP contribution in [0.2, 0.25) is 0 Å². The predicted octanol–water partition coefficient (Wildman–Crippen LogP) is 5.28. The molecule has 2 rings (SSSR count). The summed E-state index contributed by atoms with van der Waals surface area (Å²) in [4.78, 5) is 23.9. The van der Waals surface area contributed by atoms with Gasteiger partial charge in [-0.1, -0.05) is 38.1 Å². The molecule has 2 aromatic carbocycles. The van der Waals surface area contributed by atoms with Crippen molar-refractivity contribution < 1.29 is 23.8 Å². The first-order chi connectivity index (χ1) is 13.7. The summed E-state index contributed by atoms with van der Waals surface area (Å²) in [6, 6.07) is 14.6. The minimum absolute atomic E-state index is 0.187. The lowest BCUT2D eigenvalue weighted by molar-refractivity contribution is -0.157. The Hall–Kier alpha value is -2.82. The molecule has 0 aliphatic rings. The fourth-order valence-corrected chi connectivity index (χ4v) is 2.61. The van der Waals surface area contributed by atoms with Crippen LogP contribution in [0.3, 0.4) is 0 Å². The third-order valence-corrected chi connectivity index (χ3v) is 4.40. The minimum Gasteiger partial charge on any atom is -0.482 e. The quantitative estimate of drug-likeness (QED) is 0.566. The summed E-state index contributed by atoms with van der Waals surface area (Å²) in [5.74, 6) is 0.144. The zero-order valence-corrected chi connectivity index (χ0v) is 17.9. The minimum atomic E-state index is -0.553. The molecule has 0 aliphatic carbocycles. The number of esters is 2. The second-order valence-corrected chi connectivity index (χ2v) is 8.03. The van der Waals surface area contributed by atoms with Crippen molar-refractivity contribution in [1.82, 2.24) is 0 Å². The average molecular weight is 398 g/mol. The lowest BCUT2D eigenvalue weighted by Gasteiger charge is -2.19. The molecule has 5 nitrogen and oxygen atoms in total. The molecule has 0 bridgehead atoms. The molecule has 0 aromatic heterocycles. The summed E-state index contributed by atoms with van der Waals surface area (Å²) in [5, 5.41) is 0. The van der Waals surface area contributed by atoms with Gasteiger partial charge in [-0.25, -0.2) is 9.59 Å². The third-order valence-electron chi connectivity index (χ3n) is 4.40. The standard InChI is InChI=1S/C24H30O5/c1-6-17(2)19-9-7-18(8-10-19)15-28-23(26)20-11-13-21(14-12-20)27-16-22(25)29-24(3,4)5/h7-14,17H,6,15-16H2,1-5H3. The molecular formula is C24H30O5. The zero-order valence-electron chi connectivity index (χ0n) is 17.9. The van der Waals surface area contributed by atoms with E-state index in [2.05, 4.69) is 26.0 Å². The molecule has 1 atom stereocenters. The van der Waals surface area contributed by atoms with Gasteiger partial charge in [0.25, 0.3) is 0 Å². The van der Waals surface area contributed by atoms with Gasteiger partial charge in [-0.3, -0.25) is 0 Å². The van der Waals surface area contributed by atoms with Crippen molar-refractivity contribution in [3.63, 3.8) is 0 Å². The molecule has 0 amide bonds. The van der Waals surface area contributed by atoms with Crippen LogP contribution in [0.4, 0.5) is 0 Å². The Morgan fingerprint density at radius 2 is 1.59 bits per heavy atom. The Balaban J connectivity index is 1.83.